The normalized spacial score (nSPS) is 21.6. The minimum atomic E-state index is -0.0446. The molecule has 3 heterocycles. The number of piperidine rings is 1. The highest BCUT2D eigenvalue weighted by Crippen LogP contribution is 2.39. The average molecular weight is 327 g/mol. The maximum absolute atomic E-state index is 12.3. The van der Waals surface area contributed by atoms with Crippen LogP contribution < -0.4 is 5.32 Å². The predicted molar refractivity (Wildman–Crippen MR) is 87.3 cm³/mol. The second-order valence-electron chi connectivity index (χ2n) is 6.54. The van der Waals surface area contributed by atoms with Crippen LogP contribution >= 0.6 is 0 Å². The Morgan fingerprint density at radius 3 is 3.04 bits per heavy atom. The van der Waals surface area contributed by atoms with Crippen molar-refractivity contribution in [1.29, 1.82) is 0 Å². The molecule has 1 amide bonds. The van der Waals surface area contributed by atoms with Crippen molar-refractivity contribution < 1.29 is 9.32 Å². The van der Waals surface area contributed by atoms with Crippen molar-refractivity contribution in [1.82, 2.24) is 20.0 Å². The van der Waals surface area contributed by atoms with Crippen molar-refractivity contribution in [2.75, 3.05) is 18.4 Å². The van der Waals surface area contributed by atoms with Gasteiger partial charge in [0.1, 0.15) is 0 Å². The average Bonchev–Trinajstić information content (AvgIpc) is 3.34. The SMILES string of the molecule is O=C(CN1CCCC[C@H]1c1nc(C2CC2)no1)Nc1cccnc1. The van der Waals surface area contributed by atoms with E-state index < -0.39 is 0 Å². The number of likely N-dealkylation sites (tertiary alicyclic amines) is 1. The van der Waals surface area contributed by atoms with Crippen LogP contribution in [0.4, 0.5) is 5.69 Å². The molecule has 126 valence electrons. The molecule has 2 aliphatic rings. The molecule has 2 aromatic rings. The summed E-state index contributed by atoms with van der Waals surface area (Å²) in [4.78, 5) is 23.1. The number of pyridine rings is 1. The Balaban J connectivity index is 1.42. The molecule has 1 atom stereocenters. The second kappa shape index (κ2) is 6.68. The van der Waals surface area contributed by atoms with E-state index in [-0.39, 0.29) is 11.9 Å². The molecule has 0 unspecified atom stereocenters. The third-order valence-corrected chi connectivity index (χ3v) is 4.59. The van der Waals surface area contributed by atoms with Gasteiger partial charge in [-0.1, -0.05) is 11.6 Å². The molecule has 1 saturated heterocycles. The Kier molecular flexibility index (Phi) is 4.25. The van der Waals surface area contributed by atoms with Crippen LogP contribution in [0.15, 0.2) is 29.0 Å². The van der Waals surface area contributed by atoms with Gasteiger partial charge in [0.05, 0.1) is 24.5 Å². The van der Waals surface area contributed by atoms with Gasteiger partial charge >= 0.3 is 0 Å². The third kappa shape index (κ3) is 3.46. The van der Waals surface area contributed by atoms with Gasteiger partial charge in [-0.25, -0.2) is 0 Å². The molecular formula is C17H21N5O2. The Hall–Kier alpha value is -2.28. The highest BCUT2D eigenvalue weighted by Gasteiger charge is 2.33. The first-order valence-electron chi connectivity index (χ1n) is 8.57. The Morgan fingerprint density at radius 2 is 2.25 bits per heavy atom. The van der Waals surface area contributed by atoms with Gasteiger partial charge in [-0.2, -0.15) is 4.98 Å². The molecule has 4 rings (SSSR count). The Bertz CT molecular complexity index is 698. The first-order chi connectivity index (χ1) is 11.8. The largest absolute Gasteiger partial charge is 0.338 e. The summed E-state index contributed by atoms with van der Waals surface area (Å²) in [6, 6.07) is 3.67. The zero-order valence-electron chi connectivity index (χ0n) is 13.5. The summed E-state index contributed by atoms with van der Waals surface area (Å²) in [5.74, 6) is 1.92. The minimum Gasteiger partial charge on any atom is -0.338 e. The standard InChI is InChI=1S/C17H21N5O2/c23-15(19-13-4-3-8-18-10-13)11-22-9-2-1-5-14(22)17-20-16(21-24-17)12-6-7-12/h3-4,8,10,12,14H,1-2,5-7,9,11H2,(H,19,23)/t14-/m0/s1. The summed E-state index contributed by atoms with van der Waals surface area (Å²) in [5.41, 5.74) is 0.713. The number of rotatable bonds is 5. The Morgan fingerprint density at radius 1 is 1.33 bits per heavy atom. The lowest BCUT2D eigenvalue weighted by Crippen LogP contribution is -2.39. The van der Waals surface area contributed by atoms with Crippen LogP contribution in [0.5, 0.6) is 0 Å². The van der Waals surface area contributed by atoms with Crippen LogP contribution in [-0.2, 0) is 4.79 Å². The number of amides is 1. The summed E-state index contributed by atoms with van der Waals surface area (Å²) < 4.78 is 5.49. The molecule has 24 heavy (non-hydrogen) atoms. The van der Waals surface area contributed by atoms with Crippen LogP contribution in [0.1, 0.15) is 55.8 Å². The molecule has 0 radical (unpaired) electrons. The lowest BCUT2D eigenvalue weighted by molar-refractivity contribution is -0.118. The first-order valence-corrected chi connectivity index (χ1v) is 8.57. The van der Waals surface area contributed by atoms with E-state index in [1.54, 1.807) is 18.5 Å². The van der Waals surface area contributed by atoms with Gasteiger partial charge in [0.2, 0.25) is 11.8 Å². The zero-order valence-corrected chi connectivity index (χ0v) is 13.5. The van der Waals surface area contributed by atoms with E-state index in [1.165, 1.54) is 0 Å². The van der Waals surface area contributed by atoms with Crippen molar-refractivity contribution >= 4 is 11.6 Å². The van der Waals surface area contributed by atoms with Gasteiger partial charge in [-0.15, -0.1) is 0 Å². The smallest absolute Gasteiger partial charge is 0.244 e. The molecule has 1 saturated carbocycles. The maximum atomic E-state index is 12.3. The summed E-state index contributed by atoms with van der Waals surface area (Å²) in [6.45, 7) is 1.19. The molecular weight excluding hydrogens is 306 g/mol. The summed E-state index contributed by atoms with van der Waals surface area (Å²) in [6.07, 6.45) is 8.79. The number of anilines is 1. The number of aromatic nitrogens is 3. The summed E-state index contributed by atoms with van der Waals surface area (Å²) in [5, 5.41) is 7.00. The van der Waals surface area contributed by atoms with Gasteiger partial charge in [-0.05, 0) is 44.4 Å². The van der Waals surface area contributed by atoms with Gasteiger partial charge in [0, 0.05) is 12.1 Å². The van der Waals surface area contributed by atoms with E-state index in [0.29, 0.717) is 24.0 Å². The van der Waals surface area contributed by atoms with E-state index in [9.17, 15) is 4.79 Å². The fraction of sp³-hybridized carbons (Fsp3) is 0.529. The minimum absolute atomic E-state index is 0.0402. The van der Waals surface area contributed by atoms with Crippen molar-refractivity contribution in [3.05, 3.63) is 36.2 Å². The van der Waals surface area contributed by atoms with E-state index in [0.717, 1.165) is 44.5 Å². The van der Waals surface area contributed by atoms with Gasteiger partial charge in [0.15, 0.2) is 5.82 Å². The second-order valence-corrected chi connectivity index (χ2v) is 6.54. The third-order valence-electron chi connectivity index (χ3n) is 4.59. The molecule has 0 bridgehead atoms. The number of nitrogens with zero attached hydrogens (tertiary/aromatic N) is 4. The molecule has 1 N–H and O–H groups in total. The van der Waals surface area contributed by atoms with Crippen molar-refractivity contribution in [2.45, 2.75) is 44.1 Å². The van der Waals surface area contributed by atoms with E-state index >= 15 is 0 Å². The number of nitrogens with one attached hydrogen (secondary N) is 1. The summed E-state index contributed by atoms with van der Waals surface area (Å²) in [7, 11) is 0. The van der Waals surface area contributed by atoms with Crippen LogP contribution in [-0.4, -0.2) is 39.0 Å². The van der Waals surface area contributed by atoms with E-state index in [1.807, 2.05) is 6.07 Å². The molecule has 2 aromatic heterocycles. The highest BCUT2D eigenvalue weighted by atomic mass is 16.5. The fourth-order valence-corrected chi connectivity index (χ4v) is 3.17. The highest BCUT2D eigenvalue weighted by molar-refractivity contribution is 5.92. The van der Waals surface area contributed by atoms with E-state index in [4.69, 9.17) is 4.52 Å². The topological polar surface area (TPSA) is 84.2 Å². The summed E-state index contributed by atoms with van der Waals surface area (Å²) >= 11 is 0. The fourth-order valence-electron chi connectivity index (χ4n) is 3.17. The van der Waals surface area contributed by atoms with Crippen LogP contribution in [0.3, 0.4) is 0 Å². The lowest BCUT2D eigenvalue weighted by atomic mass is 10.0. The van der Waals surface area contributed by atoms with Crippen LogP contribution in [0.2, 0.25) is 0 Å². The molecule has 0 spiro atoms. The predicted octanol–water partition coefficient (Wildman–Crippen LogP) is 2.51. The Labute approximate surface area is 140 Å². The molecule has 0 aromatic carbocycles. The maximum Gasteiger partial charge on any atom is 0.244 e. The van der Waals surface area contributed by atoms with Gasteiger partial charge < -0.3 is 9.84 Å². The first kappa shape index (κ1) is 15.3. The van der Waals surface area contributed by atoms with Crippen LogP contribution in [0, 0.1) is 0 Å². The van der Waals surface area contributed by atoms with Gasteiger partial charge in [-0.3, -0.25) is 14.7 Å². The number of carbonyl (C=O) groups excluding carboxylic acids is 1. The van der Waals surface area contributed by atoms with Crippen molar-refractivity contribution in [2.24, 2.45) is 0 Å². The monoisotopic (exact) mass is 327 g/mol. The molecule has 2 fully saturated rings. The number of hydrogen-bond acceptors (Lipinski definition) is 6. The quantitative estimate of drug-likeness (QED) is 0.908. The lowest BCUT2D eigenvalue weighted by Gasteiger charge is -2.32. The van der Waals surface area contributed by atoms with Crippen molar-refractivity contribution in [3.8, 4) is 0 Å². The number of hydrogen-bond donors (Lipinski definition) is 1. The molecule has 1 aliphatic heterocycles. The van der Waals surface area contributed by atoms with Crippen LogP contribution in [0.25, 0.3) is 0 Å². The number of carbonyl (C=O) groups is 1. The van der Waals surface area contributed by atoms with Gasteiger partial charge in [0.25, 0.3) is 0 Å². The zero-order chi connectivity index (χ0) is 16.4. The molecule has 1 aliphatic carbocycles. The molecule has 7 heteroatoms. The van der Waals surface area contributed by atoms with E-state index in [2.05, 4.69) is 25.3 Å². The molecule has 7 nitrogen and oxygen atoms in total. The van der Waals surface area contributed by atoms with Crippen molar-refractivity contribution in [3.63, 3.8) is 0 Å².